The third kappa shape index (κ3) is 4.95. The van der Waals surface area contributed by atoms with E-state index in [1.807, 2.05) is 91.0 Å². The molecule has 1 saturated heterocycles. The van der Waals surface area contributed by atoms with Gasteiger partial charge in [0.2, 0.25) is 17.7 Å². The minimum absolute atomic E-state index is 0.0790. The van der Waals surface area contributed by atoms with Crippen molar-refractivity contribution < 1.29 is 28.7 Å². The summed E-state index contributed by atoms with van der Waals surface area (Å²) in [6.45, 7) is 0. The summed E-state index contributed by atoms with van der Waals surface area (Å²) in [7, 11) is 0. The number of fused-ring (bicyclic) bond motifs is 5. The largest absolute Gasteiger partial charge is 0.508 e. The number of carbonyl (C=O) groups is 4. The number of benzene rings is 5. The van der Waals surface area contributed by atoms with Crippen molar-refractivity contribution in [3.63, 3.8) is 0 Å². The number of halogens is 1. The summed E-state index contributed by atoms with van der Waals surface area (Å²) in [6, 6.07) is 37.6. The van der Waals surface area contributed by atoms with Gasteiger partial charge in [0.15, 0.2) is 17.1 Å². The van der Waals surface area contributed by atoms with Crippen molar-refractivity contribution in [1.29, 1.82) is 0 Å². The van der Waals surface area contributed by atoms with Crippen LogP contribution in [0.2, 0.25) is 5.02 Å². The summed E-state index contributed by atoms with van der Waals surface area (Å²) in [5, 5.41) is 11.9. The van der Waals surface area contributed by atoms with E-state index in [0.29, 0.717) is 50.0 Å². The SMILES string of the molecule is O=C1C(c2ccccc2)=CC(=O)C2(c3ccccc3)C1CC1C(=CCC3C(=O)N(c4ccc(-c5nc6ccccc6o5)cc4)C(=O)C31)C2c1cc(Cl)ccc1O. The molecule has 6 unspecified atom stereocenters. The first kappa shape index (κ1) is 34.1. The number of aromatic hydroxyl groups is 1. The number of phenols is 1. The smallest absolute Gasteiger partial charge is 0.238 e. The molecule has 1 aliphatic heterocycles. The number of nitrogens with zero attached hydrogens (tertiary/aromatic N) is 2. The van der Waals surface area contributed by atoms with Gasteiger partial charge in [0, 0.05) is 33.6 Å². The van der Waals surface area contributed by atoms with Crippen molar-refractivity contribution in [3.8, 4) is 17.2 Å². The van der Waals surface area contributed by atoms with Crippen LogP contribution in [0.1, 0.15) is 35.4 Å². The third-order valence-corrected chi connectivity index (χ3v) is 12.6. The number of rotatable bonds is 5. The van der Waals surface area contributed by atoms with Crippen LogP contribution in [0.3, 0.4) is 0 Å². The highest BCUT2D eigenvalue weighted by Crippen LogP contribution is 2.64. The van der Waals surface area contributed by atoms with E-state index in [0.717, 1.165) is 11.1 Å². The Morgan fingerprint density at radius 3 is 2.23 bits per heavy atom. The molecule has 1 N–H and O–H groups in total. The molecule has 3 aliphatic carbocycles. The highest BCUT2D eigenvalue weighted by atomic mass is 35.5. The van der Waals surface area contributed by atoms with Crippen molar-refractivity contribution in [1.82, 2.24) is 4.98 Å². The molecule has 8 nitrogen and oxygen atoms in total. The highest BCUT2D eigenvalue weighted by molar-refractivity contribution is 6.32. The van der Waals surface area contributed by atoms with Crippen LogP contribution in [0.15, 0.2) is 150 Å². The molecule has 6 atom stereocenters. The molecule has 274 valence electrons. The molecule has 0 radical (unpaired) electrons. The minimum atomic E-state index is -1.47. The zero-order chi connectivity index (χ0) is 38.3. The molecule has 6 aromatic rings. The Morgan fingerprint density at radius 2 is 1.48 bits per heavy atom. The number of hydrogen-bond acceptors (Lipinski definition) is 7. The van der Waals surface area contributed by atoms with Gasteiger partial charge in [0.25, 0.3) is 0 Å². The third-order valence-electron chi connectivity index (χ3n) is 12.3. The lowest BCUT2D eigenvalue weighted by atomic mass is 9.44. The maximum atomic E-state index is 15.2. The summed E-state index contributed by atoms with van der Waals surface area (Å²) in [4.78, 5) is 65.3. The van der Waals surface area contributed by atoms with Gasteiger partial charge in [-0.3, -0.25) is 24.1 Å². The second kappa shape index (κ2) is 12.9. The van der Waals surface area contributed by atoms with Crippen LogP contribution < -0.4 is 4.90 Å². The van der Waals surface area contributed by atoms with Crippen LogP contribution in [-0.2, 0) is 24.6 Å². The van der Waals surface area contributed by atoms with Crippen LogP contribution in [0.5, 0.6) is 5.75 Å². The van der Waals surface area contributed by atoms with Crippen LogP contribution in [0.4, 0.5) is 5.69 Å². The summed E-state index contributed by atoms with van der Waals surface area (Å²) >= 11 is 6.63. The number of anilines is 1. The van der Waals surface area contributed by atoms with E-state index in [1.54, 1.807) is 36.4 Å². The monoisotopic (exact) mass is 756 g/mol. The normalized spacial score (nSPS) is 25.7. The van der Waals surface area contributed by atoms with Crippen LogP contribution in [0.25, 0.3) is 28.1 Å². The molecular weight excluding hydrogens is 724 g/mol. The Balaban J connectivity index is 1.10. The van der Waals surface area contributed by atoms with E-state index in [9.17, 15) is 14.7 Å². The summed E-state index contributed by atoms with van der Waals surface area (Å²) < 4.78 is 5.95. The molecule has 9 heteroatoms. The lowest BCUT2D eigenvalue weighted by Gasteiger charge is -2.55. The van der Waals surface area contributed by atoms with Gasteiger partial charge in [-0.15, -0.1) is 0 Å². The second-order valence-electron chi connectivity index (χ2n) is 15.0. The number of allylic oxidation sites excluding steroid dienone is 4. The van der Waals surface area contributed by atoms with E-state index in [-0.39, 0.29) is 42.0 Å². The molecule has 5 aromatic carbocycles. The number of amides is 2. The van der Waals surface area contributed by atoms with Crippen LogP contribution in [0, 0.1) is 23.7 Å². The topological polar surface area (TPSA) is 118 Å². The molecule has 0 spiro atoms. The molecule has 1 saturated carbocycles. The van der Waals surface area contributed by atoms with Crippen molar-refractivity contribution in [3.05, 3.63) is 167 Å². The quantitative estimate of drug-likeness (QED) is 0.138. The molecule has 56 heavy (non-hydrogen) atoms. The lowest BCUT2D eigenvalue weighted by Crippen LogP contribution is -2.58. The maximum absolute atomic E-state index is 15.2. The number of oxazole rings is 1. The maximum Gasteiger partial charge on any atom is 0.238 e. The molecule has 10 rings (SSSR count). The lowest BCUT2D eigenvalue weighted by molar-refractivity contribution is -0.135. The number of hydrogen-bond donors (Lipinski definition) is 1. The number of ketones is 2. The molecule has 2 amide bonds. The van der Waals surface area contributed by atoms with Gasteiger partial charge in [0.1, 0.15) is 11.3 Å². The number of Topliss-reactive ketones (excluding diaryl/α,β-unsaturated/α-hetero) is 1. The first-order valence-electron chi connectivity index (χ1n) is 18.7. The van der Waals surface area contributed by atoms with E-state index in [2.05, 4.69) is 4.98 Å². The number of imide groups is 1. The predicted molar refractivity (Wildman–Crippen MR) is 212 cm³/mol. The van der Waals surface area contributed by atoms with E-state index >= 15 is 9.59 Å². The fraction of sp³-hybridized carbons (Fsp3) is 0.170. The standard InChI is InChI=1S/C47H33ClN2O6/c48-29-17-22-38(51)35(23-29)42-31-20-21-32-41(46(55)50(45(32)54)30-18-15-27(16-19-30)44-49-37-13-7-8-14-39(37)56-44)34(31)24-36-43(53)33(26-9-3-1-4-10-26)25-40(52)47(36,42)28-11-5-2-6-12-28/h1-20,22-23,25,32,34,36,41-42,51H,21,24H2. The second-order valence-corrected chi connectivity index (χ2v) is 15.5. The van der Waals surface area contributed by atoms with Gasteiger partial charge in [-0.05, 0) is 90.6 Å². The van der Waals surface area contributed by atoms with Gasteiger partial charge in [0.05, 0.1) is 22.9 Å². The minimum Gasteiger partial charge on any atom is -0.508 e. The van der Waals surface area contributed by atoms with Gasteiger partial charge in [-0.1, -0.05) is 96.0 Å². The Labute approximate surface area is 326 Å². The first-order chi connectivity index (χ1) is 27.3. The van der Waals surface area contributed by atoms with Gasteiger partial charge in [-0.25, -0.2) is 4.98 Å². The highest BCUT2D eigenvalue weighted by Gasteiger charge is 2.66. The average Bonchev–Trinajstić information content (AvgIpc) is 3.78. The zero-order valence-corrected chi connectivity index (χ0v) is 30.6. The Kier molecular flexibility index (Phi) is 7.83. The molecule has 0 bridgehead atoms. The zero-order valence-electron chi connectivity index (χ0n) is 29.8. The molecule has 2 heterocycles. The first-order valence-corrected chi connectivity index (χ1v) is 19.1. The van der Waals surface area contributed by atoms with Gasteiger partial charge < -0.3 is 9.52 Å². The van der Waals surface area contributed by atoms with E-state index in [1.165, 1.54) is 17.0 Å². The fourth-order valence-corrected chi connectivity index (χ4v) is 10.2. The van der Waals surface area contributed by atoms with Crippen molar-refractivity contribution >= 4 is 57.3 Å². The molecule has 2 fully saturated rings. The summed E-state index contributed by atoms with van der Waals surface area (Å²) in [5.74, 6) is -4.70. The van der Waals surface area contributed by atoms with E-state index in [4.69, 9.17) is 16.0 Å². The van der Waals surface area contributed by atoms with Gasteiger partial charge in [-0.2, -0.15) is 0 Å². The summed E-state index contributed by atoms with van der Waals surface area (Å²) in [6.07, 6.45) is 3.83. The fourth-order valence-electron chi connectivity index (χ4n) is 9.98. The summed E-state index contributed by atoms with van der Waals surface area (Å²) in [5.41, 5.74) is 3.72. The van der Waals surface area contributed by atoms with Crippen molar-refractivity contribution in [2.75, 3.05) is 4.90 Å². The van der Waals surface area contributed by atoms with Crippen molar-refractivity contribution in [2.24, 2.45) is 23.7 Å². The van der Waals surface area contributed by atoms with E-state index < -0.39 is 35.0 Å². The number of phenolic OH excluding ortho intramolecular Hbond substituents is 1. The molecular formula is C47H33ClN2O6. The molecule has 4 aliphatic rings. The number of aromatic nitrogens is 1. The Bertz CT molecular complexity index is 2650. The van der Waals surface area contributed by atoms with Crippen LogP contribution in [-0.4, -0.2) is 33.5 Å². The Morgan fingerprint density at radius 1 is 0.768 bits per heavy atom. The molecule has 1 aromatic heterocycles. The predicted octanol–water partition coefficient (Wildman–Crippen LogP) is 8.88. The average molecular weight is 757 g/mol. The number of carbonyl (C=O) groups excluding carboxylic acids is 4. The number of para-hydroxylation sites is 2. The van der Waals surface area contributed by atoms with Crippen LogP contribution >= 0.6 is 11.6 Å². The van der Waals surface area contributed by atoms with Gasteiger partial charge >= 0.3 is 0 Å². The Hall–Kier alpha value is -6.38. The van der Waals surface area contributed by atoms with Crippen molar-refractivity contribution in [2.45, 2.75) is 24.2 Å².